The Hall–Kier alpha value is -2.40. The number of pyridine rings is 1. The lowest BCUT2D eigenvalue weighted by Crippen LogP contribution is -2.36. The molecule has 0 radical (unpaired) electrons. The van der Waals surface area contributed by atoms with Crippen LogP contribution in [0.2, 0.25) is 0 Å². The minimum atomic E-state index is -0.0844. The molecule has 0 saturated carbocycles. The van der Waals surface area contributed by atoms with Gasteiger partial charge in [0.2, 0.25) is 0 Å². The summed E-state index contributed by atoms with van der Waals surface area (Å²) in [5.41, 5.74) is 1.81. The number of nitrogens with one attached hydrogen (secondary N) is 1. The van der Waals surface area contributed by atoms with Gasteiger partial charge in [-0.15, -0.1) is 0 Å². The highest BCUT2D eigenvalue weighted by atomic mass is 16.5. The van der Waals surface area contributed by atoms with Gasteiger partial charge in [0.05, 0.1) is 18.8 Å². The summed E-state index contributed by atoms with van der Waals surface area (Å²) in [4.78, 5) is 18.9. The first-order valence-electron chi connectivity index (χ1n) is 8.36. The largest absolute Gasteiger partial charge is 0.378 e. The van der Waals surface area contributed by atoms with E-state index < -0.39 is 0 Å². The third-order valence-corrected chi connectivity index (χ3v) is 4.28. The van der Waals surface area contributed by atoms with Gasteiger partial charge in [0, 0.05) is 25.8 Å². The quantitative estimate of drug-likeness (QED) is 0.917. The third kappa shape index (κ3) is 4.11. The highest BCUT2D eigenvalue weighted by Crippen LogP contribution is 2.15. The number of carbonyl (C=O) groups is 1. The zero-order valence-electron chi connectivity index (χ0n) is 13.9. The van der Waals surface area contributed by atoms with Crippen LogP contribution in [0.25, 0.3) is 0 Å². The number of ether oxygens (including phenoxy) is 1. The fourth-order valence-electron chi connectivity index (χ4n) is 2.75. The molecule has 1 unspecified atom stereocenters. The summed E-state index contributed by atoms with van der Waals surface area (Å²) in [5.74, 6) is 1.09. The van der Waals surface area contributed by atoms with E-state index in [0.717, 1.165) is 32.1 Å². The zero-order chi connectivity index (χ0) is 16.8. The molecule has 24 heavy (non-hydrogen) atoms. The molecule has 0 spiro atoms. The number of carbonyl (C=O) groups excluding carboxylic acids is 1. The van der Waals surface area contributed by atoms with E-state index in [2.05, 4.69) is 34.3 Å². The predicted octanol–water partition coefficient (Wildman–Crippen LogP) is 2.45. The molecule has 5 nitrogen and oxygen atoms in total. The molecule has 1 atom stereocenters. The van der Waals surface area contributed by atoms with Crippen molar-refractivity contribution >= 4 is 11.7 Å². The Morgan fingerprint density at radius 3 is 2.62 bits per heavy atom. The number of hydrogen-bond acceptors (Lipinski definition) is 4. The van der Waals surface area contributed by atoms with Gasteiger partial charge in [-0.3, -0.25) is 4.79 Å². The predicted molar refractivity (Wildman–Crippen MR) is 94.5 cm³/mol. The summed E-state index contributed by atoms with van der Waals surface area (Å²) in [6, 6.07) is 13.9. The maximum atomic E-state index is 12.3. The molecule has 5 heteroatoms. The second-order valence-electron chi connectivity index (χ2n) is 6.03. The van der Waals surface area contributed by atoms with Gasteiger partial charge in [-0.2, -0.15) is 0 Å². The molecule has 0 bridgehead atoms. The lowest BCUT2D eigenvalue weighted by Gasteiger charge is -2.27. The molecule has 1 fully saturated rings. The van der Waals surface area contributed by atoms with Crippen LogP contribution in [0.1, 0.15) is 28.8 Å². The number of hydrogen-bond donors (Lipinski definition) is 1. The molecule has 0 aliphatic carbocycles. The van der Waals surface area contributed by atoms with Gasteiger partial charge in [0.1, 0.15) is 5.82 Å². The van der Waals surface area contributed by atoms with Crippen LogP contribution in [0.4, 0.5) is 5.82 Å². The standard InChI is InChI=1S/C19H23N3O2/c1-15(16-5-3-2-4-6-16)13-21-19(23)17-7-8-18(20-14-17)22-9-11-24-12-10-22/h2-8,14-15H,9-13H2,1H3,(H,21,23). The van der Waals surface area contributed by atoms with Crippen LogP contribution in [0, 0.1) is 0 Å². The van der Waals surface area contributed by atoms with E-state index in [0.29, 0.717) is 12.1 Å². The summed E-state index contributed by atoms with van der Waals surface area (Å²) < 4.78 is 5.34. The molecule has 1 amide bonds. The smallest absolute Gasteiger partial charge is 0.252 e. The zero-order valence-corrected chi connectivity index (χ0v) is 13.9. The maximum Gasteiger partial charge on any atom is 0.252 e. The van der Waals surface area contributed by atoms with Gasteiger partial charge in [0.15, 0.2) is 0 Å². The fraction of sp³-hybridized carbons (Fsp3) is 0.368. The van der Waals surface area contributed by atoms with Crippen molar-refractivity contribution in [3.8, 4) is 0 Å². The van der Waals surface area contributed by atoms with Crippen LogP contribution in [0.3, 0.4) is 0 Å². The third-order valence-electron chi connectivity index (χ3n) is 4.28. The molecular weight excluding hydrogens is 302 g/mol. The summed E-state index contributed by atoms with van der Waals surface area (Å²) in [7, 11) is 0. The van der Waals surface area contributed by atoms with Crippen molar-refractivity contribution in [1.29, 1.82) is 0 Å². The van der Waals surface area contributed by atoms with E-state index in [1.165, 1.54) is 5.56 Å². The van der Waals surface area contributed by atoms with Crippen molar-refractivity contribution in [1.82, 2.24) is 10.3 Å². The van der Waals surface area contributed by atoms with Crippen LogP contribution in [-0.4, -0.2) is 43.7 Å². The van der Waals surface area contributed by atoms with Crippen LogP contribution < -0.4 is 10.2 Å². The van der Waals surface area contributed by atoms with Gasteiger partial charge < -0.3 is 15.0 Å². The van der Waals surface area contributed by atoms with Gasteiger partial charge in [0.25, 0.3) is 5.91 Å². The van der Waals surface area contributed by atoms with Crippen LogP contribution in [-0.2, 0) is 4.74 Å². The molecule has 3 rings (SSSR count). The summed E-state index contributed by atoms with van der Waals surface area (Å²) >= 11 is 0. The molecule has 1 aromatic heterocycles. The molecule has 1 N–H and O–H groups in total. The highest BCUT2D eigenvalue weighted by molar-refractivity contribution is 5.94. The number of rotatable bonds is 5. The Morgan fingerprint density at radius 2 is 1.96 bits per heavy atom. The van der Waals surface area contributed by atoms with E-state index in [9.17, 15) is 4.79 Å². The first-order chi connectivity index (χ1) is 11.7. The Kier molecular flexibility index (Phi) is 5.43. The molecule has 1 aliphatic heterocycles. The second kappa shape index (κ2) is 7.93. The lowest BCUT2D eigenvalue weighted by molar-refractivity contribution is 0.0951. The number of anilines is 1. The monoisotopic (exact) mass is 325 g/mol. The molecule has 1 aromatic carbocycles. The van der Waals surface area contributed by atoms with Crippen molar-refractivity contribution in [3.63, 3.8) is 0 Å². The Labute approximate surface area is 142 Å². The molecule has 2 heterocycles. The Balaban J connectivity index is 1.55. The van der Waals surface area contributed by atoms with Crippen molar-refractivity contribution in [2.75, 3.05) is 37.7 Å². The van der Waals surface area contributed by atoms with Crippen LogP contribution in [0.5, 0.6) is 0 Å². The number of morpholine rings is 1. The van der Waals surface area contributed by atoms with Gasteiger partial charge >= 0.3 is 0 Å². The van der Waals surface area contributed by atoms with E-state index in [4.69, 9.17) is 4.74 Å². The molecule has 1 aliphatic rings. The van der Waals surface area contributed by atoms with Gasteiger partial charge in [-0.25, -0.2) is 4.98 Å². The van der Waals surface area contributed by atoms with Gasteiger partial charge in [-0.05, 0) is 23.6 Å². The normalized spacial score (nSPS) is 15.8. The van der Waals surface area contributed by atoms with E-state index in [1.54, 1.807) is 6.20 Å². The maximum absolute atomic E-state index is 12.3. The van der Waals surface area contributed by atoms with Crippen molar-refractivity contribution in [3.05, 3.63) is 59.8 Å². The topological polar surface area (TPSA) is 54.5 Å². The van der Waals surface area contributed by atoms with Crippen LogP contribution in [0.15, 0.2) is 48.7 Å². The number of nitrogens with zero attached hydrogens (tertiary/aromatic N) is 2. The van der Waals surface area contributed by atoms with Crippen molar-refractivity contribution in [2.24, 2.45) is 0 Å². The first kappa shape index (κ1) is 16.5. The average Bonchev–Trinajstić information content (AvgIpc) is 2.67. The molecule has 2 aromatic rings. The summed E-state index contributed by atoms with van der Waals surface area (Å²) in [6.45, 7) is 5.84. The van der Waals surface area contributed by atoms with Crippen LogP contribution >= 0.6 is 0 Å². The lowest BCUT2D eigenvalue weighted by atomic mass is 10.0. The Bertz CT molecular complexity index is 652. The Morgan fingerprint density at radius 1 is 1.21 bits per heavy atom. The highest BCUT2D eigenvalue weighted by Gasteiger charge is 2.14. The van der Waals surface area contributed by atoms with E-state index in [-0.39, 0.29) is 11.8 Å². The fourth-order valence-corrected chi connectivity index (χ4v) is 2.75. The number of benzene rings is 1. The van der Waals surface area contributed by atoms with E-state index >= 15 is 0 Å². The van der Waals surface area contributed by atoms with Crippen molar-refractivity contribution in [2.45, 2.75) is 12.8 Å². The summed E-state index contributed by atoms with van der Waals surface area (Å²) in [5, 5.41) is 2.98. The average molecular weight is 325 g/mol. The SMILES string of the molecule is CC(CNC(=O)c1ccc(N2CCOCC2)nc1)c1ccccc1. The minimum Gasteiger partial charge on any atom is -0.378 e. The minimum absolute atomic E-state index is 0.0844. The molecule has 126 valence electrons. The van der Waals surface area contributed by atoms with E-state index in [1.807, 2.05) is 30.3 Å². The first-order valence-corrected chi connectivity index (χ1v) is 8.36. The van der Waals surface area contributed by atoms with Gasteiger partial charge in [-0.1, -0.05) is 37.3 Å². The molecule has 1 saturated heterocycles. The number of amides is 1. The van der Waals surface area contributed by atoms with Crippen molar-refractivity contribution < 1.29 is 9.53 Å². The number of aromatic nitrogens is 1. The summed E-state index contributed by atoms with van der Waals surface area (Å²) in [6.07, 6.45) is 1.65. The molecular formula is C19H23N3O2. The second-order valence-corrected chi connectivity index (χ2v) is 6.03.